The molecule has 0 saturated carbocycles. The van der Waals surface area contributed by atoms with E-state index < -0.39 is 5.82 Å². The Hall–Kier alpha value is -1.69. The van der Waals surface area contributed by atoms with Crippen molar-refractivity contribution in [2.24, 2.45) is 5.92 Å². The zero-order valence-corrected chi connectivity index (χ0v) is 11.6. The number of aliphatic hydroxyl groups is 1. The standard InChI is InChI=1S/C14H20FN3O2/c1-16-13-12(15)11(4-6-17-13)14(20)18-7-2-3-10(9-18)5-8-19/h4,6,10,19H,2-3,5,7-9H2,1H3,(H,16,17). The summed E-state index contributed by atoms with van der Waals surface area (Å²) >= 11 is 0. The highest BCUT2D eigenvalue weighted by molar-refractivity contribution is 5.95. The Morgan fingerprint density at radius 2 is 2.45 bits per heavy atom. The summed E-state index contributed by atoms with van der Waals surface area (Å²) in [4.78, 5) is 17.9. The molecule has 1 fully saturated rings. The number of likely N-dealkylation sites (tertiary alicyclic amines) is 1. The van der Waals surface area contributed by atoms with Crippen LogP contribution >= 0.6 is 0 Å². The molecule has 1 saturated heterocycles. The lowest BCUT2D eigenvalue weighted by Crippen LogP contribution is -2.40. The number of anilines is 1. The minimum atomic E-state index is -0.607. The molecular weight excluding hydrogens is 261 g/mol. The van der Waals surface area contributed by atoms with Gasteiger partial charge in [0.05, 0.1) is 5.56 Å². The molecule has 1 atom stereocenters. The first-order valence-electron chi connectivity index (χ1n) is 6.89. The van der Waals surface area contributed by atoms with Gasteiger partial charge >= 0.3 is 0 Å². The molecule has 0 aromatic carbocycles. The lowest BCUT2D eigenvalue weighted by molar-refractivity contribution is 0.0649. The molecular formula is C14H20FN3O2. The summed E-state index contributed by atoms with van der Waals surface area (Å²) in [5.74, 6) is -0.528. The molecule has 5 nitrogen and oxygen atoms in total. The molecule has 0 aliphatic carbocycles. The molecule has 1 unspecified atom stereocenters. The third-order valence-electron chi connectivity index (χ3n) is 3.70. The van der Waals surface area contributed by atoms with Crippen LogP contribution in [0.15, 0.2) is 12.3 Å². The number of amides is 1. The summed E-state index contributed by atoms with van der Waals surface area (Å²) in [6, 6.07) is 1.41. The van der Waals surface area contributed by atoms with Crippen molar-refractivity contribution in [2.75, 3.05) is 32.1 Å². The number of hydrogen-bond acceptors (Lipinski definition) is 4. The summed E-state index contributed by atoms with van der Waals surface area (Å²) in [7, 11) is 1.57. The van der Waals surface area contributed by atoms with Crippen LogP contribution in [-0.2, 0) is 0 Å². The van der Waals surface area contributed by atoms with Gasteiger partial charge in [-0.1, -0.05) is 0 Å². The van der Waals surface area contributed by atoms with Gasteiger partial charge in [0.25, 0.3) is 5.91 Å². The van der Waals surface area contributed by atoms with Crippen molar-refractivity contribution < 1.29 is 14.3 Å². The van der Waals surface area contributed by atoms with Gasteiger partial charge in [0.2, 0.25) is 0 Å². The van der Waals surface area contributed by atoms with Crippen molar-refractivity contribution in [1.82, 2.24) is 9.88 Å². The van der Waals surface area contributed by atoms with Crippen molar-refractivity contribution >= 4 is 11.7 Å². The molecule has 0 radical (unpaired) electrons. The van der Waals surface area contributed by atoms with E-state index in [0.717, 1.165) is 12.8 Å². The maximum atomic E-state index is 14.1. The number of carbonyl (C=O) groups is 1. The van der Waals surface area contributed by atoms with Gasteiger partial charge in [-0.2, -0.15) is 0 Å². The predicted octanol–water partition coefficient (Wildman–Crippen LogP) is 1.50. The fourth-order valence-corrected chi connectivity index (χ4v) is 2.62. The predicted molar refractivity (Wildman–Crippen MR) is 74.1 cm³/mol. The summed E-state index contributed by atoms with van der Waals surface area (Å²) < 4.78 is 14.1. The second kappa shape index (κ2) is 6.65. The van der Waals surface area contributed by atoms with Gasteiger partial charge < -0.3 is 15.3 Å². The van der Waals surface area contributed by atoms with Crippen molar-refractivity contribution in [1.29, 1.82) is 0 Å². The Balaban J connectivity index is 2.14. The maximum absolute atomic E-state index is 14.1. The average Bonchev–Trinajstić information content (AvgIpc) is 2.47. The van der Waals surface area contributed by atoms with Crippen LogP contribution < -0.4 is 5.32 Å². The number of aliphatic hydroxyl groups excluding tert-OH is 1. The van der Waals surface area contributed by atoms with Crippen molar-refractivity contribution in [3.8, 4) is 0 Å². The molecule has 0 spiro atoms. The molecule has 2 heterocycles. The Kier molecular flexibility index (Phi) is 4.89. The smallest absolute Gasteiger partial charge is 0.257 e. The fraction of sp³-hybridized carbons (Fsp3) is 0.571. The number of aromatic nitrogens is 1. The highest BCUT2D eigenvalue weighted by Gasteiger charge is 2.26. The minimum Gasteiger partial charge on any atom is -0.396 e. The van der Waals surface area contributed by atoms with Crippen LogP contribution in [0, 0.1) is 11.7 Å². The summed E-state index contributed by atoms with van der Waals surface area (Å²) in [5, 5.41) is 11.6. The molecule has 1 aliphatic rings. The highest BCUT2D eigenvalue weighted by Crippen LogP contribution is 2.23. The molecule has 2 N–H and O–H groups in total. The van der Waals surface area contributed by atoms with E-state index in [1.54, 1.807) is 11.9 Å². The molecule has 1 aliphatic heterocycles. The molecule has 1 aromatic rings. The van der Waals surface area contributed by atoms with Crippen molar-refractivity contribution in [3.63, 3.8) is 0 Å². The number of carbonyl (C=O) groups excluding carboxylic acids is 1. The van der Waals surface area contributed by atoms with E-state index in [0.29, 0.717) is 25.4 Å². The van der Waals surface area contributed by atoms with Crippen LogP contribution in [0.3, 0.4) is 0 Å². The van der Waals surface area contributed by atoms with Gasteiger partial charge in [-0.05, 0) is 31.2 Å². The molecule has 1 amide bonds. The van der Waals surface area contributed by atoms with E-state index in [2.05, 4.69) is 10.3 Å². The largest absolute Gasteiger partial charge is 0.396 e. The van der Waals surface area contributed by atoms with Crippen LogP contribution in [0.1, 0.15) is 29.6 Å². The normalized spacial score (nSPS) is 18.9. The Bertz CT molecular complexity index is 479. The number of rotatable bonds is 4. The summed E-state index contributed by atoms with van der Waals surface area (Å²) in [5.41, 5.74) is 0.0500. The van der Waals surface area contributed by atoms with Crippen LogP contribution in [0.5, 0.6) is 0 Å². The lowest BCUT2D eigenvalue weighted by Gasteiger charge is -2.32. The van der Waals surface area contributed by atoms with E-state index in [1.807, 2.05) is 0 Å². The number of hydrogen-bond donors (Lipinski definition) is 2. The maximum Gasteiger partial charge on any atom is 0.257 e. The SMILES string of the molecule is CNc1nccc(C(=O)N2CCCC(CCO)C2)c1F. The second-order valence-corrected chi connectivity index (χ2v) is 5.04. The fourth-order valence-electron chi connectivity index (χ4n) is 2.62. The van der Waals surface area contributed by atoms with Gasteiger partial charge in [0.15, 0.2) is 11.6 Å². The Morgan fingerprint density at radius 3 is 3.15 bits per heavy atom. The highest BCUT2D eigenvalue weighted by atomic mass is 19.1. The topological polar surface area (TPSA) is 65.5 Å². The van der Waals surface area contributed by atoms with E-state index >= 15 is 0 Å². The minimum absolute atomic E-state index is 0.0500. The van der Waals surface area contributed by atoms with Crippen molar-refractivity contribution in [3.05, 3.63) is 23.6 Å². The van der Waals surface area contributed by atoms with Crippen LogP contribution in [-0.4, -0.2) is 47.6 Å². The number of pyridine rings is 1. The monoisotopic (exact) mass is 281 g/mol. The lowest BCUT2D eigenvalue weighted by atomic mass is 9.94. The number of halogens is 1. The molecule has 2 rings (SSSR count). The number of nitrogens with zero attached hydrogens (tertiary/aromatic N) is 2. The summed E-state index contributed by atoms with van der Waals surface area (Å²) in [6.07, 6.45) is 4.01. The quantitative estimate of drug-likeness (QED) is 0.877. The molecule has 0 bridgehead atoms. The van der Waals surface area contributed by atoms with Gasteiger partial charge in [-0.25, -0.2) is 9.37 Å². The third-order valence-corrected chi connectivity index (χ3v) is 3.70. The molecule has 1 aromatic heterocycles. The Labute approximate surface area is 117 Å². The van der Waals surface area contributed by atoms with Gasteiger partial charge in [-0.15, -0.1) is 0 Å². The first kappa shape index (κ1) is 14.7. The van der Waals surface area contributed by atoms with Gasteiger partial charge in [0, 0.05) is 32.9 Å². The first-order valence-corrected chi connectivity index (χ1v) is 6.89. The molecule has 20 heavy (non-hydrogen) atoms. The zero-order valence-electron chi connectivity index (χ0n) is 11.6. The van der Waals surface area contributed by atoms with Crippen LogP contribution in [0.25, 0.3) is 0 Å². The molecule has 6 heteroatoms. The third kappa shape index (κ3) is 3.07. The van der Waals surface area contributed by atoms with E-state index in [1.165, 1.54) is 12.3 Å². The number of nitrogens with one attached hydrogen (secondary N) is 1. The van der Waals surface area contributed by atoms with Gasteiger partial charge in [0.1, 0.15) is 0 Å². The van der Waals surface area contributed by atoms with Crippen LogP contribution in [0.2, 0.25) is 0 Å². The zero-order chi connectivity index (χ0) is 14.5. The van der Waals surface area contributed by atoms with Crippen LogP contribution in [0.4, 0.5) is 10.2 Å². The van der Waals surface area contributed by atoms with E-state index in [9.17, 15) is 9.18 Å². The van der Waals surface area contributed by atoms with E-state index in [4.69, 9.17) is 5.11 Å². The van der Waals surface area contributed by atoms with E-state index in [-0.39, 0.29) is 23.9 Å². The average molecular weight is 281 g/mol. The Morgan fingerprint density at radius 1 is 1.65 bits per heavy atom. The summed E-state index contributed by atoms with van der Waals surface area (Å²) in [6.45, 7) is 1.34. The second-order valence-electron chi connectivity index (χ2n) is 5.04. The number of piperidine rings is 1. The van der Waals surface area contributed by atoms with Crippen molar-refractivity contribution in [2.45, 2.75) is 19.3 Å². The van der Waals surface area contributed by atoms with Gasteiger partial charge in [-0.3, -0.25) is 4.79 Å². The first-order chi connectivity index (χ1) is 9.67. The molecule has 110 valence electrons.